The van der Waals surface area contributed by atoms with Gasteiger partial charge in [-0.1, -0.05) is 6.42 Å². The van der Waals surface area contributed by atoms with Crippen molar-refractivity contribution in [1.82, 2.24) is 9.88 Å². The summed E-state index contributed by atoms with van der Waals surface area (Å²) in [6.07, 6.45) is 3.51. The van der Waals surface area contributed by atoms with Crippen molar-refractivity contribution in [2.75, 3.05) is 31.2 Å². The number of rotatable bonds is 4. The number of piperidine rings is 1. The van der Waals surface area contributed by atoms with Crippen molar-refractivity contribution >= 4 is 17.3 Å². The van der Waals surface area contributed by atoms with Gasteiger partial charge < -0.3 is 16.0 Å². The molecule has 7 nitrogen and oxygen atoms in total. The molecule has 2 heterocycles. The van der Waals surface area contributed by atoms with E-state index < -0.39 is 4.92 Å². The van der Waals surface area contributed by atoms with Crippen LogP contribution in [0.3, 0.4) is 0 Å². The molecular weight excluding hydrogens is 246 g/mol. The molecule has 19 heavy (non-hydrogen) atoms. The van der Waals surface area contributed by atoms with Gasteiger partial charge in [0.1, 0.15) is 5.82 Å². The Bertz CT molecular complexity index is 465. The van der Waals surface area contributed by atoms with Crippen LogP contribution in [-0.2, 0) is 0 Å². The first kappa shape index (κ1) is 13.5. The average Bonchev–Trinajstić information content (AvgIpc) is 2.37. The lowest BCUT2D eigenvalue weighted by molar-refractivity contribution is -0.384. The highest BCUT2D eigenvalue weighted by atomic mass is 16.6. The molecule has 104 valence electrons. The molecule has 1 aliphatic heterocycles. The van der Waals surface area contributed by atoms with Gasteiger partial charge in [0, 0.05) is 18.7 Å². The largest absolute Gasteiger partial charge is 0.384 e. The molecule has 0 aliphatic carbocycles. The van der Waals surface area contributed by atoms with Crippen LogP contribution in [0.5, 0.6) is 0 Å². The molecular formula is C12H19N5O2. The Kier molecular flexibility index (Phi) is 4.16. The highest BCUT2D eigenvalue weighted by Gasteiger charge is 2.21. The van der Waals surface area contributed by atoms with Crippen LogP contribution in [0.2, 0.25) is 0 Å². The average molecular weight is 265 g/mol. The van der Waals surface area contributed by atoms with E-state index in [-0.39, 0.29) is 17.3 Å². The Morgan fingerprint density at radius 1 is 1.58 bits per heavy atom. The summed E-state index contributed by atoms with van der Waals surface area (Å²) in [5.41, 5.74) is 5.54. The van der Waals surface area contributed by atoms with E-state index >= 15 is 0 Å². The van der Waals surface area contributed by atoms with Crippen LogP contribution in [-0.4, -0.2) is 41.0 Å². The number of nitro groups is 1. The van der Waals surface area contributed by atoms with Gasteiger partial charge in [0.15, 0.2) is 0 Å². The van der Waals surface area contributed by atoms with E-state index in [1.165, 1.54) is 25.0 Å². The first-order valence-electron chi connectivity index (χ1n) is 6.43. The van der Waals surface area contributed by atoms with Crippen molar-refractivity contribution in [1.29, 1.82) is 0 Å². The molecule has 0 aromatic carbocycles. The fraction of sp³-hybridized carbons (Fsp3) is 0.583. The van der Waals surface area contributed by atoms with Crippen LogP contribution < -0.4 is 11.1 Å². The number of pyridine rings is 1. The van der Waals surface area contributed by atoms with E-state index in [9.17, 15) is 10.1 Å². The number of anilines is 2. The Morgan fingerprint density at radius 3 is 3.05 bits per heavy atom. The minimum absolute atomic E-state index is 0.0346. The Labute approximate surface area is 112 Å². The fourth-order valence-electron chi connectivity index (χ4n) is 2.36. The van der Waals surface area contributed by atoms with Gasteiger partial charge in [-0.3, -0.25) is 10.1 Å². The predicted octanol–water partition coefficient (Wildman–Crippen LogP) is 1.47. The molecule has 0 saturated carbocycles. The molecule has 1 saturated heterocycles. The van der Waals surface area contributed by atoms with Crippen molar-refractivity contribution in [2.45, 2.75) is 25.3 Å². The maximum Gasteiger partial charge on any atom is 0.311 e. The minimum atomic E-state index is -0.445. The third-order valence-electron chi connectivity index (χ3n) is 3.52. The van der Waals surface area contributed by atoms with Gasteiger partial charge in [0.05, 0.1) is 4.92 Å². The molecule has 3 N–H and O–H groups in total. The van der Waals surface area contributed by atoms with Gasteiger partial charge >= 0.3 is 5.69 Å². The molecule has 0 amide bonds. The first-order valence-corrected chi connectivity index (χ1v) is 6.43. The van der Waals surface area contributed by atoms with Gasteiger partial charge in [-0.05, 0) is 32.5 Å². The molecule has 1 atom stereocenters. The molecule has 1 aromatic heterocycles. The highest BCUT2D eigenvalue weighted by Crippen LogP contribution is 2.24. The van der Waals surface area contributed by atoms with Crippen LogP contribution in [0.4, 0.5) is 17.3 Å². The van der Waals surface area contributed by atoms with E-state index in [0.717, 1.165) is 13.0 Å². The molecule has 0 spiro atoms. The summed E-state index contributed by atoms with van der Waals surface area (Å²) in [6, 6.07) is 3.21. The van der Waals surface area contributed by atoms with Crippen molar-refractivity contribution < 1.29 is 4.92 Å². The van der Waals surface area contributed by atoms with Crippen molar-refractivity contribution in [3.63, 3.8) is 0 Å². The lowest BCUT2D eigenvalue weighted by Crippen LogP contribution is -2.40. The molecule has 1 fully saturated rings. The lowest BCUT2D eigenvalue weighted by Gasteiger charge is -2.32. The number of nitrogens with two attached hydrogens (primary N) is 1. The minimum Gasteiger partial charge on any atom is -0.384 e. The monoisotopic (exact) mass is 265 g/mol. The molecule has 1 unspecified atom stereocenters. The third-order valence-corrected chi connectivity index (χ3v) is 3.52. The van der Waals surface area contributed by atoms with E-state index in [2.05, 4.69) is 22.2 Å². The van der Waals surface area contributed by atoms with Crippen LogP contribution in [0.1, 0.15) is 19.3 Å². The Morgan fingerprint density at radius 2 is 2.37 bits per heavy atom. The number of likely N-dealkylation sites (tertiary alicyclic amines) is 1. The van der Waals surface area contributed by atoms with E-state index in [1.807, 2.05) is 0 Å². The van der Waals surface area contributed by atoms with Gasteiger partial charge in [-0.25, -0.2) is 4.98 Å². The Hall–Kier alpha value is -1.89. The van der Waals surface area contributed by atoms with Gasteiger partial charge in [0.2, 0.25) is 5.82 Å². The number of aromatic nitrogens is 1. The first-order chi connectivity index (χ1) is 9.08. The molecule has 7 heteroatoms. The maximum absolute atomic E-state index is 10.9. The zero-order valence-corrected chi connectivity index (χ0v) is 11.0. The number of nitrogen functional groups attached to an aromatic ring is 1. The smallest absolute Gasteiger partial charge is 0.311 e. The zero-order chi connectivity index (χ0) is 13.8. The number of nitrogens with zero attached hydrogens (tertiary/aromatic N) is 3. The molecule has 2 rings (SSSR count). The summed E-state index contributed by atoms with van der Waals surface area (Å²) in [5.74, 6) is 0.536. The van der Waals surface area contributed by atoms with Crippen molar-refractivity contribution in [3.05, 3.63) is 22.2 Å². The summed E-state index contributed by atoms with van der Waals surface area (Å²) in [6.45, 7) is 1.71. The van der Waals surface area contributed by atoms with Crippen molar-refractivity contribution in [2.24, 2.45) is 0 Å². The molecule has 0 bridgehead atoms. The summed E-state index contributed by atoms with van der Waals surface area (Å²) in [4.78, 5) is 16.8. The van der Waals surface area contributed by atoms with E-state index in [1.54, 1.807) is 0 Å². The number of hydrogen-bond acceptors (Lipinski definition) is 6. The second-order valence-electron chi connectivity index (χ2n) is 4.87. The number of likely N-dealkylation sites (N-methyl/N-ethyl adjacent to an activating group) is 1. The van der Waals surface area contributed by atoms with E-state index in [4.69, 9.17) is 5.73 Å². The summed E-state index contributed by atoms with van der Waals surface area (Å²) in [5, 5.41) is 14.0. The van der Waals surface area contributed by atoms with Crippen LogP contribution in [0.15, 0.2) is 12.1 Å². The third kappa shape index (κ3) is 3.31. The Balaban J connectivity index is 2.05. The summed E-state index contributed by atoms with van der Waals surface area (Å²) < 4.78 is 0. The van der Waals surface area contributed by atoms with Crippen molar-refractivity contribution in [3.8, 4) is 0 Å². The van der Waals surface area contributed by atoms with Gasteiger partial charge in [-0.15, -0.1) is 0 Å². The van der Waals surface area contributed by atoms with Crippen LogP contribution in [0, 0.1) is 10.1 Å². The maximum atomic E-state index is 10.9. The fourth-order valence-corrected chi connectivity index (χ4v) is 2.36. The highest BCUT2D eigenvalue weighted by molar-refractivity contribution is 5.59. The van der Waals surface area contributed by atoms with Gasteiger partial charge in [0.25, 0.3) is 0 Å². The SMILES string of the molecule is CN1CCCCC1CNc1nc(N)ccc1[N+](=O)[O-]. The molecule has 0 radical (unpaired) electrons. The number of nitrogens with one attached hydrogen (secondary N) is 1. The predicted molar refractivity (Wildman–Crippen MR) is 74.1 cm³/mol. The number of hydrogen-bond donors (Lipinski definition) is 2. The summed E-state index contributed by atoms with van der Waals surface area (Å²) >= 11 is 0. The topological polar surface area (TPSA) is 97.3 Å². The lowest BCUT2D eigenvalue weighted by atomic mass is 10.0. The normalized spacial score (nSPS) is 20.2. The van der Waals surface area contributed by atoms with Crippen LogP contribution in [0.25, 0.3) is 0 Å². The summed E-state index contributed by atoms with van der Waals surface area (Å²) in [7, 11) is 2.08. The second-order valence-corrected chi connectivity index (χ2v) is 4.87. The van der Waals surface area contributed by atoms with E-state index in [0.29, 0.717) is 12.6 Å². The zero-order valence-electron chi connectivity index (χ0n) is 11.0. The standard InChI is InChI=1S/C12H19N5O2/c1-16-7-3-2-4-9(16)8-14-12-10(17(18)19)5-6-11(13)15-12/h5-6,9H,2-4,7-8H2,1H3,(H3,13,14,15). The quantitative estimate of drug-likeness (QED) is 0.632. The van der Waals surface area contributed by atoms with Gasteiger partial charge in [-0.2, -0.15) is 0 Å². The molecule has 1 aliphatic rings. The second kappa shape index (κ2) is 5.83. The van der Waals surface area contributed by atoms with Crippen LogP contribution >= 0.6 is 0 Å². The molecule has 1 aromatic rings.